The molecule has 0 aromatic heterocycles. The molecule has 0 bridgehead atoms. The van der Waals surface area contributed by atoms with Crippen LogP contribution in [0.15, 0.2) is 30.9 Å². The molecule has 0 radical (unpaired) electrons. The Labute approximate surface area is 169 Å². The van der Waals surface area contributed by atoms with E-state index in [0.29, 0.717) is 5.56 Å². The molecule has 1 aromatic carbocycles. The van der Waals surface area contributed by atoms with E-state index in [1.54, 1.807) is 6.08 Å². The molecule has 162 valence electrons. The SMILES string of the molecule is C=CC.CC.CC.CCC.O=C(CCc1cc(F)cc(F)c1)N1CCOC1=O. The Hall–Kier alpha value is -2.24. The number of cyclic esters (lactones) is 1. The molecule has 2 rings (SSSR count). The van der Waals surface area contributed by atoms with Crippen molar-refractivity contribution in [1.82, 2.24) is 4.90 Å². The minimum absolute atomic E-state index is 0.0119. The summed E-state index contributed by atoms with van der Waals surface area (Å²) >= 11 is 0. The number of nitrogens with zero attached hydrogens (tertiary/aromatic N) is 1. The van der Waals surface area contributed by atoms with Crippen LogP contribution in [-0.4, -0.2) is 30.1 Å². The first-order valence-electron chi connectivity index (χ1n) is 9.88. The molecule has 6 heteroatoms. The number of carbonyl (C=O) groups excluding carboxylic acids is 2. The Bertz CT molecular complexity index is 528. The van der Waals surface area contributed by atoms with E-state index in [1.807, 2.05) is 34.6 Å². The van der Waals surface area contributed by atoms with Gasteiger partial charge in [0.15, 0.2) is 0 Å². The van der Waals surface area contributed by atoms with Crippen molar-refractivity contribution in [1.29, 1.82) is 0 Å². The van der Waals surface area contributed by atoms with Crippen molar-refractivity contribution in [2.24, 2.45) is 0 Å². The molecule has 0 saturated carbocycles. The van der Waals surface area contributed by atoms with Gasteiger partial charge in [-0.3, -0.25) is 4.79 Å². The first-order chi connectivity index (χ1) is 13.4. The monoisotopic (exact) mass is 401 g/mol. The molecule has 1 saturated heterocycles. The van der Waals surface area contributed by atoms with Gasteiger partial charge in [0, 0.05) is 12.5 Å². The molecule has 28 heavy (non-hydrogen) atoms. The van der Waals surface area contributed by atoms with Crippen molar-refractivity contribution in [3.63, 3.8) is 0 Å². The van der Waals surface area contributed by atoms with Crippen molar-refractivity contribution >= 4 is 12.0 Å². The van der Waals surface area contributed by atoms with Crippen LogP contribution in [-0.2, 0) is 16.0 Å². The van der Waals surface area contributed by atoms with E-state index in [-0.39, 0.29) is 26.0 Å². The number of carbonyl (C=O) groups is 2. The minimum Gasteiger partial charge on any atom is -0.447 e. The number of amides is 2. The van der Waals surface area contributed by atoms with Gasteiger partial charge in [0.05, 0.1) is 6.54 Å². The summed E-state index contributed by atoms with van der Waals surface area (Å²) in [6.45, 7) is 17.9. The maximum atomic E-state index is 12.9. The number of allylic oxidation sites excluding steroid dienone is 1. The van der Waals surface area contributed by atoms with Crippen LogP contribution in [0.2, 0.25) is 0 Å². The molecular weight excluding hydrogens is 364 g/mol. The van der Waals surface area contributed by atoms with Crippen LogP contribution < -0.4 is 0 Å². The number of rotatable bonds is 3. The van der Waals surface area contributed by atoms with E-state index in [2.05, 4.69) is 25.2 Å². The van der Waals surface area contributed by atoms with E-state index in [0.717, 1.165) is 11.0 Å². The first-order valence-corrected chi connectivity index (χ1v) is 9.88. The summed E-state index contributed by atoms with van der Waals surface area (Å²) in [6, 6.07) is 3.10. The molecule has 2 amide bonds. The van der Waals surface area contributed by atoms with E-state index in [1.165, 1.54) is 18.6 Å². The summed E-state index contributed by atoms with van der Waals surface area (Å²) in [5.41, 5.74) is 0.383. The first kappa shape index (κ1) is 30.5. The van der Waals surface area contributed by atoms with Crippen molar-refractivity contribution in [3.8, 4) is 0 Å². The highest BCUT2D eigenvalue weighted by Crippen LogP contribution is 2.12. The van der Waals surface area contributed by atoms with E-state index < -0.39 is 23.6 Å². The summed E-state index contributed by atoms with van der Waals surface area (Å²) < 4.78 is 30.4. The fraction of sp³-hybridized carbons (Fsp3) is 0.545. The average Bonchev–Trinajstić information content (AvgIpc) is 3.10. The third-order valence-electron chi connectivity index (χ3n) is 2.61. The zero-order valence-corrected chi connectivity index (χ0v) is 18.5. The number of benzene rings is 1. The zero-order chi connectivity index (χ0) is 22.5. The van der Waals surface area contributed by atoms with Gasteiger partial charge in [0.2, 0.25) is 5.91 Å². The van der Waals surface area contributed by atoms with Crippen molar-refractivity contribution in [2.75, 3.05) is 13.2 Å². The van der Waals surface area contributed by atoms with Gasteiger partial charge >= 0.3 is 6.09 Å². The second-order valence-electron chi connectivity index (χ2n) is 5.05. The van der Waals surface area contributed by atoms with E-state index >= 15 is 0 Å². The smallest absolute Gasteiger partial charge is 0.416 e. The molecule has 0 aliphatic carbocycles. The normalized spacial score (nSPS) is 11.0. The lowest BCUT2D eigenvalue weighted by molar-refractivity contribution is -0.127. The number of halogens is 2. The largest absolute Gasteiger partial charge is 0.447 e. The second kappa shape index (κ2) is 21.1. The molecule has 0 atom stereocenters. The van der Waals surface area contributed by atoms with Gasteiger partial charge in [0.1, 0.15) is 18.2 Å². The molecule has 0 spiro atoms. The Kier molecular flexibility index (Phi) is 22.9. The van der Waals surface area contributed by atoms with Crippen LogP contribution in [0.25, 0.3) is 0 Å². The van der Waals surface area contributed by atoms with Gasteiger partial charge in [-0.05, 0) is 31.0 Å². The Morgan fingerprint density at radius 1 is 1.14 bits per heavy atom. The van der Waals surface area contributed by atoms with E-state index in [9.17, 15) is 18.4 Å². The van der Waals surface area contributed by atoms with Crippen LogP contribution in [0, 0.1) is 11.6 Å². The Morgan fingerprint density at radius 2 is 1.57 bits per heavy atom. The molecule has 0 N–H and O–H groups in total. The van der Waals surface area contributed by atoms with Crippen molar-refractivity contribution < 1.29 is 23.1 Å². The lowest BCUT2D eigenvalue weighted by Gasteiger charge is -2.10. The summed E-state index contributed by atoms with van der Waals surface area (Å²) in [4.78, 5) is 23.7. The number of imide groups is 1. The minimum atomic E-state index is -0.682. The fourth-order valence-electron chi connectivity index (χ4n) is 1.76. The molecule has 1 heterocycles. The maximum absolute atomic E-state index is 12.9. The summed E-state index contributed by atoms with van der Waals surface area (Å²) in [6.07, 6.45) is 2.53. The quantitative estimate of drug-likeness (QED) is 0.540. The van der Waals surface area contributed by atoms with Crippen LogP contribution in [0.3, 0.4) is 0 Å². The topological polar surface area (TPSA) is 46.6 Å². The summed E-state index contributed by atoms with van der Waals surface area (Å²) in [5.74, 6) is -1.77. The molecule has 1 fully saturated rings. The third kappa shape index (κ3) is 14.9. The molecule has 1 aliphatic heterocycles. The van der Waals surface area contributed by atoms with Crippen LogP contribution in [0.1, 0.15) is 66.9 Å². The van der Waals surface area contributed by atoms with Gasteiger partial charge in [-0.15, -0.1) is 6.58 Å². The number of aryl methyl sites for hydroxylation is 1. The Morgan fingerprint density at radius 3 is 1.93 bits per heavy atom. The third-order valence-corrected chi connectivity index (χ3v) is 2.61. The predicted molar refractivity (Wildman–Crippen MR) is 112 cm³/mol. The maximum Gasteiger partial charge on any atom is 0.416 e. The molecule has 4 nitrogen and oxygen atoms in total. The highest BCUT2D eigenvalue weighted by molar-refractivity contribution is 5.92. The second-order valence-corrected chi connectivity index (χ2v) is 5.05. The predicted octanol–water partition coefficient (Wildman–Crippen LogP) is 6.54. The van der Waals surface area contributed by atoms with Gasteiger partial charge in [-0.2, -0.15) is 0 Å². The van der Waals surface area contributed by atoms with Crippen molar-refractivity contribution in [2.45, 2.75) is 67.7 Å². The number of hydrogen-bond donors (Lipinski definition) is 0. The molecule has 1 aliphatic rings. The van der Waals surface area contributed by atoms with Gasteiger partial charge < -0.3 is 4.74 Å². The number of ether oxygens (including phenoxy) is 1. The summed E-state index contributed by atoms with van der Waals surface area (Å²) in [7, 11) is 0. The molecular formula is C22H37F2NO3. The lowest BCUT2D eigenvalue weighted by Crippen LogP contribution is -2.31. The molecule has 1 aromatic rings. The average molecular weight is 402 g/mol. The van der Waals surface area contributed by atoms with Gasteiger partial charge in [-0.25, -0.2) is 18.5 Å². The van der Waals surface area contributed by atoms with Crippen LogP contribution >= 0.6 is 0 Å². The molecule has 0 unspecified atom stereocenters. The van der Waals surface area contributed by atoms with Gasteiger partial charge in [0.25, 0.3) is 0 Å². The zero-order valence-electron chi connectivity index (χ0n) is 18.5. The van der Waals surface area contributed by atoms with Crippen LogP contribution in [0.5, 0.6) is 0 Å². The van der Waals surface area contributed by atoms with Crippen LogP contribution in [0.4, 0.5) is 13.6 Å². The lowest BCUT2D eigenvalue weighted by atomic mass is 10.1. The fourth-order valence-corrected chi connectivity index (χ4v) is 1.76. The highest BCUT2D eigenvalue weighted by Gasteiger charge is 2.27. The highest BCUT2D eigenvalue weighted by atomic mass is 19.1. The Balaban J connectivity index is -0.000000534. The van der Waals surface area contributed by atoms with Gasteiger partial charge in [-0.1, -0.05) is 54.0 Å². The summed E-state index contributed by atoms with van der Waals surface area (Å²) in [5, 5.41) is 0. The number of hydrogen-bond acceptors (Lipinski definition) is 3. The van der Waals surface area contributed by atoms with Crippen molar-refractivity contribution in [3.05, 3.63) is 48.1 Å². The standard InChI is InChI=1S/C12H11F2NO3.C3H8.C3H6.2C2H6/c13-9-5-8(6-10(14)7-9)1-2-11(16)15-3-4-18-12(15)17;2*1-3-2;2*1-2/h5-7H,1-4H2;3H2,1-2H3;3H,1H2,2H3;2*1-2H3. The van der Waals surface area contributed by atoms with E-state index in [4.69, 9.17) is 0 Å².